The van der Waals surface area contributed by atoms with Crippen LogP contribution in [0.1, 0.15) is 23.0 Å². The van der Waals surface area contributed by atoms with Gasteiger partial charge in [0.2, 0.25) is 5.91 Å². The molecule has 1 aromatic heterocycles. The standard InChI is InChI=1S/C12H16N2O4S/c1-8(15)14-10-3-2-9(19-10)11(16)13-6-12(17)4-5-18-7-12/h2-3,17H,4-7H2,1H3,(H,13,16)(H,14,15). The summed E-state index contributed by atoms with van der Waals surface area (Å²) in [4.78, 5) is 23.3. The van der Waals surface area contributed by atoms with Crippen molar-refractivity contribution in [2.45, 2.75) is 18.9 Å². The molecule has 1 fully saturated rings. The van der Waals surface area contributed by atoms with E-state index in [0.29, 0.717) is 22.9 Å². The highest BCUT2D eigenvalue weighted by molar-refractivity contribution is 7.18. The lowest BCUT2D eigenvalue weighted by Crippen LogP contribution is -2.43. The summed E-state index contributed by atoms with van der Waals surface area (Å²) in [5.41, 5.74) is -0.965. The maximum absolute atomic E-state index is 11.9. The van der Waals surface area contributed by atoms with Gasteiger partial charge in [0.1, 0.15) is 5.60 Å². The second-order valence-corrected chi connectivity index (χ2v) is 5.64. The number of carbonyl (C=O) groups excluding carboxylic acids is 2. The van der Waals surface area contributed by atoms with Crippen LogP contribution in [0.2, 0.25) is 0 Å². The Balaban J connectivity index is 1.89. The zero-order valence-corrected chi connectivity index (χ0v) is 11.4. The van der Waals surface area contributed by atoms with Gasteiger partial charge in [0.15, 0.2) is 0 Å². The van der Waals surface area contributed by atoms with E-state index in [4.69, 9.17) is 4.74 Å². The fourth-order valence-electron chi connectivity index (χ4n) is 1.77. The molecule has 7 heteroatoms. The van der Waals surface area contributed by atoms with Crippen LogP contribution >= 0.6 is 11.3 Å². The van der Waals surface area contributed by atoms with Crippen LogP contribution in [0.4, 0.5) is 5.00 Å². The van der Waals surface area contributed by atoms with Crippen LogP contribution in [0, 0.1) is 0 Å². The van der Waals surface area contributed by atoms with Crippen LogP contribution in [0.15, 0.2) is 12.1 Å². The number of rotatable bonds is 4. The third-order valence-corrected chi connectivity index (χ3v) is 3.79. The van der Waals surface area contributed by atoms with Gasteiger partial charge in [-0.05, 0) is 12.1 Å². The molecule has 1 aliphatic rings. The van der Waals surface area contributed by atoms with Gasteiger partial charge in [-0.15, -0.1) is 11.3 Å². The van der Waals surface area contributed by atoms with Gasteiger partial charge >= 0.3 is 0 Å². The quantitative estimate of drug-likeness (QED) is 0.755. The molecule has 2 amide bonds. The molecule has 2 heterocycles. The first-order valence-electron chi connectivity index (χ1n) is 5.94. The Morgan fingerprint density at radius 1 is 1.53 bits per heavy atom. The van der Waals surface area contributed by atoms with E-state index in [1.165, 1.54) is 18.3 Å². The minimum absolute atomic E-state index is 0.166. The van der Waals surface area contributed by atoms with E-state index in [1.807, 2.05) is 0 Å². The zero-order valence-electron chi connectivity index (χ0n) is 10.6. The highest BCUT2D eigenvalue weighted by atomic mass is 32.1. The molecule has 0 saturated carbocycles. The molecule has 1 atom stereocenters. The maximum atomic E-state index is 11.9. The van der Waals surface area contributed by atoms with Crippen LogP contribution in [-0.4, -0.2) is 42.3 Å². The van der Waals surface area contributed by atoms with E-state index in [0.717, 1.165) is 0 Å². The smallest absolute Gasteiger partial charge is 0.261 e. The molecule has 0 radical (unpaired) electrons. The fraction of sp³-hybridized carbons (Fsp3) is 0.500. The molecule has 0 aromatic carbocycles. The normalized spacial score (nSPS) is 22.2. The van der Waals surface area contributed by atoms with Crippen molar-refractivity contribution in [1.82, 2.24) is 5.32 Å². The molecule has 2 rings (SSSR count). The number of thiophene rings is 1. The number of hydrogen-bond acceptors (Lipinski definition) is 5. The van der Waals surface area contributed by atoms with Gasteiger partial charge < -0.3 is 20.5 Å². The number of ether oxygens (including phenoxy) is 1. The Labute approximate surface area is 114 Å². The first-order valence-corrected chi connectivity index (χ1v) is 6.76. The van der Waals surface area contributed by atoms with Crippen molar-refractivity contribution in [3.05, 3.63) is 17.0 Å². The lowest BCUT2D eigenvalue weighted by Gasteiger charge is -2.20. The maximum Gasteiger partial charge on any atom is 0.261 e. The topological polar surface area (TPSA) is 87.7 Å². The van der Waals surface area contributed by atoms with Crippen molar-refractivity contribution in [1.29, 1.82) is 0 Å². The molecule has 19 heavy (non-hydrogen) atoms. The van der Waals surface area contributed by atoms with E-state index in [2.05, 4.69) is 10.6 Å². The Hall–Kier alpha value is -1.44. The number of anilines is 1. The average molecular weight is 284 g/mol. The van der Waals surface area contributed by atoms with E-state index in [1.54, 1.807) is 12.1 Å². The van der Waals surface area contributed by atoms with Crippen molar-refractivity contribution in [3.63, 3.8) is 0 Å². The summed E-state index contributed by atoms with van der Waals surface area (Å²) in [7, 11) is 0. The monoisotopic (exact) mass is 284 g/mol. The van der Waals surface area contributed by atoms with Crippen LogP contribution < -0.4 is 10.6 Å². The van der Waals surface area contributed by atoms with E-state index >= 15 is 0 Å². The van der Waals surface area contributed by atoms with Crippen molar-refractivity contribution >= 4 is 28.2 Å². The minimum Gasteiger partial charge on any atom is -0.386 e. The molecular weight excluding hydrogens is 268 g/mol. The second-order valence-electron chi connectivity index (χ2n) is 4.55. The number of amides is 2. The molecule has 0 spiro atoms. The number of carbonyl (C=O) groups is 2. The van der Waals surface area contributed by atoms with Gasteiger partial charge in [0, 0.05) is 26.5 Å². The molecule has 0 aliphatic carbocycles. The van der Waals surface area contributed by atoms with E-state index < -0.39 is 5.60 Å². The van der Waals surface area contributed by atoms with Crippen molar-refractivity contribution in [3.8, 4) is 0 Å². The Bertz CT molecular complexity index is 480. The number of hydrogen-bond donors (Lipinski definition) is 3. The lowest BCUT2D eigenvalue weighted by molar-refractivity contribution is -0.114. The molecule has 6 nitrogen and oxygen atoms in total. The molecule has 104 valence electrons. The third kappa shape index (κ3) is 3.76. The Morgan fingerprint density at radius 3 is 2.95 bits per heavy atom. The summed E-state index contributed by atoms with van der Waals surface area (Å²) < 4.78 is 5.10. The van der Waals surface area contributed by atoms with Crippen LogP contribution in [0.25, 0.3) is 0 Å². The van der Waals surface area contributed by atoms with Gasteiger partial charge in [-0.3, -0.25) is 9.59 Å². The van der Waals surface area contributed by atoms with Crippen LogP contribution in [0.5, 0.6) is 0 Å². The summed E-state index contributed by atoms with van der Waals surface area (Å²) >= 11 is 1.19. The van der Waals surface area contributed by atoms with Gasteiger partial charge in [-0.2, -0.15) is 0 Å². The largest absolute Gasteiger partial charge is 0.386 e. The van der Waals surface area contributed by atoms with Gasteiger partial charge in [-0.1, -0.05) is 0 Å². The minimum atomic E-state index is -0.965. The van der Waals surface area contributed by atoms with Crippen LogP contribution in [-0.2, 0) is 9.53 Å². The van der Waals surface area contributed by atoms with E-state index in [9.17, 15) is 14.7 Å². The third-order valence-electron chi connectivity index (χ3n) is 2.79. The molecule has 3 N–H and O–H groups in total. The Kier molecular flexibility index (Phi) is 4.18. The molecule has 1 saturated heterocycles. The summed E-state index contributed by atoms with van der Waals surface area (Å²) in [6.07, 6.45) is 0.523. The molecule has 1 aliphatic heterocycles. The van der Waals surface area contributed by atoms with E-state index in [-0.39, 0.29) is 25.0 Å². The predicted octanol–water partition coefficient (Wildman–Crippen LogP) is 0.588. The van der Waals surface area contributed by atoms with Crippen molar-refractivity contribution in [2.24, 2.45) is 0 Å². The number of aliphatic hydroxyl groups is 1. The van der Waals surface area contributed by atoms with Gasteiger partial charge in [-0.25, -0.2) is 0 Å². The molecule has 0 bridgehead atoms. The summed E-state index contributed by atoms with van der Waals surface area (Å²) in [6.45, 7) is 2.33. The number of nitrogens with one attached hydrogen (secondary N) is 2. The lowest BCUT2D eigenvalue weighted by atomic mass is 10.0. The fourth-order valence-corrected chi connectivity index (χ4v) is 2.64. The van der Waals surface area contributed by atoms with Crippen molar-refractivity contribution < 1.29 is 19.4 Å². The molecule has 1 unspecified atom stereocenters. The highest BCUT2D eigenvalue weighted by Crippen LogP contribution is 2.22. The SMILES string of the molecule is CC(=O)Nc1ccc(C(=O)NCC2(O)CCOC2)s1. The summed E-state index contributed by atoms with van der Waals surface area (Å²) in [5, 5.41) is 15.9. The van der Waals surface area contributed by atoms with Crippen LogP contribution in [0.3, 0.4) is 0 Å². The highest BCUT2D eigenvalue weighted by Gasteiger charge is 2.32. The molecule has 1 aromatic rings. The van der Waals surface area contributed by atoms with Gasteiger partial charge in [0.25, 0.3) is 5.91 Å². The zero-order chi connectivity index (χ0) is 13.9. The second kappa shape index (κ2) is 5.68. The first-order chi connectivity index (χ1) is 8.98. The Morgan fingerprint density at radius 2 is 2.32 bits per heavy atom. The molecular formula is C12H16N2O4S. The average Bonchev–Trinajstić information content (AvgIpc) is 2.95. The predicted molar refractivity (Wildman–Crippen MR) is 71.3 cm³/mol. The van der Waals surface area contributed by atoms with Gasteiger partial charge in [0.05, 0.1) is 16.5 Å². The first kappa shape index (κ1) is 14.0. The summed E-state index contributed by atoms with van der Waals surface area (Å²) in [6, 6.07) is 3.31. The van der Waals surface area contributed by atoms with Crippen molar-refractivity contribution in [2.75, 3.05) is 25.1 Å². The summed E-state index contributed by atoms with van der Waals surface area (Å²) in [5.74, 6) is -0.437.